The van der Waals surface area contributed by atoms with Crippen LogP contribution in [0.4, 0.5) is 11.4 Å². The molecule has 1 atom stereocenters. The Hall–Kier alpha value is -5.45. The molecular formula is C46H47ClN8O6S. The molecule has 3 fully saturated rings. The molecule has 3 aromatic carbocycles. The van der Waals surface area contributed by atoms with Crippen molar-refractivity contribution in [1.82, 2.24) is 29.4 Å². The highest BCUT2D eigenvalue weighted by atomic mass is 35.5. The Morgan fingerprint density at radius 1 is 1.02 bits per heavy atom. The molecule has 3 aromatic heterocycles. The van der Waals surface area contributed by atoms with Crippen LogP contribution in [0, 0.1) is 15.5 Å². The SMILES string of the molecule is O=C(N[S+]([O-])c1cc([N+](=O)[O-])c2nn(C3CCOCC3)cc2c1)c1ccc(N2CCN(CC3=C(c4ccc(Cl)cc4)CC4(CCC4)CC3)CC2)cc1Oc1cnc2[nH]ccc2c1. The number of nitrogens with zero attached hydrogens (tertiary/aromatic N) is 6. The molecule has 14 nitrogen and oxygen atoms in total. The molecular weight excluding hydrogens is 828 g/mol. The fraction of sp³-hybridized carbons (Fsp3) is 0.370. The van der Waals surface area contributed by atoms with E-state index in [1.807, 2.05) is 36.4 Å². The fourth-order valence-electron chi connectivity index (χ4n) is 9.60. The molecule has 6 aromatic rings. The van der Waals surface area contributed by atoms with Gasteiger partial charge in [0.2, 0.25) is 0 Å². The number of amides is 1. The minimum absolute atomic E-state index is 0.0376. The van der Waals surface area contributed by atoms with E-state index in [1.54, 1.807) is 35.4 Å². The standard InChI is InChI=1S/C46H47ClN8O6S/c47-34-4-2-30(3-5-34)40-26-46(12-1-13-46)14-8-32(40)28-52-16-18-53(19-17-52)36-6-7-39(42(24-36)61-37-22-31-9-15-48-44(31)49-27-37)45(56)51-62(59)38-23-33-29-54(35-10-20-60-21-11-35)50-43(33)41(25-38)55(57)58/h2-7,9,15,22-25,27,29,35H,1,8,10-14,16-21,26,28H2,(H,48,49)(H,51,56). The van der Waals surface area contributed by atoms with E-state index >= 15 is 0 Å². The molecule has 16 heteroatoms. The number of pyridine rings is 1. The van der Waals surface area contributed by atoms with Crippen molar-refractivity contribution in [3.05, 3.63) is 117 Å². The van der Waals surface area contributed by atoms with Gasteiger partial charge in [-0.2, -0.15) is 9.82 Å². The van der Waals surface area contributed by atoms with E-state index in [0.29, 0.717) is 35.4 Å². The number of aromatic amines is 1. The van der Waals surface area contributed by atoms with Crippen LogP contribution in [0.2, 0.25) is 5.02 Å². The number of nitro benzene ring substituents is 1. The highest BCUT2D eigenvalue weighted by molar-refractivity contribution is 7.90. The van der Waals surface area contributed by atoms with Gasteiger partial charge >= 0.3 is 5.69 Å². The number of nitro groups is 1. The summed E-state index contributed by atoms with van der Waals surface area (Å²) < 4.78 is 30.0. The van der Waals surface area contributed by atoms with Crippen LogP contribution in [0.1, 0.15) is 73.3 Å². The summed E-state index contributed by atoms with van der Waals surface area (Å²) in [5.74, 6) is 0.0323. The zero-order chi connectivity index (χ0) is 42.4. The Kier molecular flexibility index (Phi) is 11.1. The number of hydrogen-bond donors (Lipinski definition) is 2. The third-order valence-electron chi connectivity index (χ3n) is 13.2. The quantitative estimate of drug-likeness (QED) is 0.0729. The summed E-state index contributed by atoms with van der Waals surface area (Å²) in [5.41, 5.74) is 6.45. The van der Waals surface area contributed by atoms with Crippen LogP contribution in [-0.2, 0) is 16.1 Å². The van der Waals surface area contributed by atoms with Gasteiger partial charge in [-0.05, 0) is 97.9 Å². The molecule has 62 heavy (non-hydrogen) atoms. The number of piperazine rings is 1. The number of benzene rings is 3. The lowest BCUT2D eigenvalue weighted by molar-refractivity contribution is -0.383. The van der Waals surface area contributed by atoms with Crippen molar-refractivity contribution >= 4 is 67.8 Å². The predicted octanol–water partition coefficient (Wildman–Crippen LogP) is 9.00. The van der Waals surface area contributed by atoms with Gasteiger partial charge in [0.15, 0.2) is 10.4 Å². The molecule has 0 radical (unpaired) electrons. The average molecular weight is 875 g/mol. The number of H-pyrrole nitrogens is 1. The number of allylic oxidation sites excluding steroid dienone is 1. The Balaban J connectivity index is 0.881. The van der Waals surface area contributed by atoms with E-state index in [4.69, 9.17) is 21.1 Å². The Morgan fingerprint density at radius 2 is 1.82 bits per heavy atom. The van der Waals surface area contributed by atoms with Crippen molar-refractivity contribution in [3.8, 4) is 11.5 Å². The lowest BCUT2D eigenvalue weighted by atomic mass is 9.59. The number of halogens is 1. The van der Waals surface area contributed by atoms with Gasteiger partial charge in [0.25, 0.3) is 5.91 Å². The van der Waals surface area contributed by atoms with Gasteiger partial charge in [0, 0.05) is 91.9 Å². The molecule has 1 unspecified atom stereocenters. The summed E-state index contributed by atoms with van der Waals surface area (Å²) in [7, 11) is 0. The molecule has 1 spiro atoms. The lowest BCUT2D eigenvalue weighted by Crippen LogP contribution is -2.47. The lowest BCUT2D eigenvalue weighted by Gasteiger charge is -2.47. The highest BCUT2D eigenvalue weighted by Gasteiger charge is 2.41. The molecule has 1 saturated carbocycles. The second kappa shape index (κ2) is 17.0. The number of carbonyl (C=O) groups excluding carboxylic acids is 1. The number of fused-ring (bicyclic) bond motifs is 2. The molecule has 4 aliphatic rings. The summed E-state index contributed by atoms with van der Waals surface area (Å²) in [5, 5.41) is 18.8. The summed E-state index contributed by atoms with van der Waals surface area (Å²) in [6.07, 6.45) is 14.1. The second-order valence-corrected chi connectivity index (χ2v) is 18.7. The molecule has 2 aliphatic heterocycles. The van der Waals surface area contributed by atoms with Gasteiger partial charge in [-0.15, -0.1) is 0 Å². The molecule has 0 bridgehead atoms. The van der Waals surface area contributed by atoms with Crippen LogP contribution in [0.3, 0.4) is 0 Å². The zero-order valence-corrected chi connectivity index (χ0v) is 35.8. The number of nitrogens with one attached hydrogen (secondary N) is 2. The number of carbonyl (C=O) groups is 1. The minimum atomic E-state index is -2.15. The van der Waals surface area contributed by atoms with E-state index in [2.05, 4.69) is 41.7 Å². The van der Waals surface area contributed by atoms with Crippen molar-refractivity contribution < 1.29 is 23.7 Å². The first kappa shape index (κ1) is 40.6. The van der Waals surface area contributed by atoms with Crippen molar-refractivity contribution in [2.75, 3.05) is 50.8 Å². The number of aromatic nitrogens is 4. The summed E-state index contributed by atoms with van der Waals surface area (Å²) >= 11 is 4.13. The summed E-state index contributed by atoms with van der Waals surface area (Å²) in [6, 6.07) is 20.3. The number of hydrogen-bond acceptors (Lipinski definition) is 10. The fourth-order valence-corrected chi connectivity index (χ4v) is 10.6. The number of ether oxygens (including phenoxy) is 2. The molecule has 10 rings (SSSR count). The first-order valence-corrected chi connectivity index (χ1v) is 22.9. The Labute approximate surface area is 366 Å². The predicted molar refractivity (Wildman–Crippen MR) is 239 cm³/mol. The third-order valence-corrected chi connectivity index (χ3v) is 14.5. The maximum absolute atomic E-state index is 14.0. The first-order chi connectivity index (χ1) is 30.2. The summed E-state index contributed by atoms with van der Waals surface area (Å²) in [6.45, 7) is 5.41. The van der Waals surface area contributed by atoms with Crippen LogP contribution >= 0.6 is 11.6 Å². The molecule has 1 amide bonds. The largest absolute Gasteiger partial charge is 0.588 e. The van der Waals surface area contributed by atoms with Crippen molar-refractivity contribution in [3.63, 3.8) is 0 Å². The maximum atomic E-state index is 14.0. The Morgan fingerprint density at radius 3 is 2.58 bits per heavy atom. The van der Waals surface area contributed by atoms with Gasteiger partial charge in [-0.25, -0.2) is 4.98 Å². The summed E-state index contributed by atoms with van der Waals surface area (Å²) in [4.78, 5) is 38.2. The number of rotatable bonds is 11. The van der Waals surface area contributed by atoms with Gasteiger partial charge in [-0.3, -0.25) is 24.5 Å². The zero-order valence-electron chi connectivity index (χ0n) is 34.2. The number of anilines is 1. The van der Waals surface area contributed by atoms with Crippen molar-refractivity contribution in [1.29, 1.82) is 0 Å². The van der Waals surface area contributed by atoms with Gasteiger partial charge < -0.3 is 23.9 Å². The van der Waals surface area contributed by atoms with E-state index in [-0.39, 0.29) is 33.5 Å². The molecule has 2 N–H and O–H groups in total. The normalized spacial score (nSPS) is 18.9. The van der Waals surface area contributed by atoms with E-state index in [1.165, 1.54) is 48.5 Å². The molecule has 2 saturated heterocycles. The average Bonchev–Trinajstić information content (AvgIpc) is 3.94. The third kappa shape index (κ3) is 8.27. The van der Waals surface area contributed by atoms with Gasteiger partial charge in [0.05, 0.1) is 28.8 Å². The molecule has 5 heterocycles. The molecule has 320 valence electrons. The van der Waals surface area contributed by atoms with Crippen LogP contribution < -0.4 is 14.4 Å². The van der Waals surface area contributed by atoms with Crippen LogP contribution in [0.5, 0.6) is 11.5 Å². The van der Waals surface area contributed by atoms with E-state index in [0.717, 1.165) is 74.5 Å². The maximum Gasteiger partial charge on any atom is 0.302 e. The monoisotopic (exact) mass is 874 g/mol. The topological polar surface area (TPSA) is 167 Å². The van der Waals surface area contributed by atoms with Crippen molar-refractivity contribution in [2.45, 2.75) is 62.3 Å². The smallest absolute Gasteiger partial charge is 0.302 e. The molecule has 2 aliphatic carbocycles. The van der Waals surface area contributed by atoms with Gasteiger partial charge in [-0.1, -0.05) is 35.7 Å². The van der Waals surface area contributed by atoms with Gasteiger partial charge in [0.1, 0.15) is 28.5 Å². The first-order valence-electron chi connectivity index (χ1n) is 21.3. The number of non-ortho nitro benzene ring substituents is 1. The second-order valence-electron chi connectivity index (χ2n) is 17.0. The van der Waals surface area contributed by atoms with Crippen molar-refractivity contribution in [2.24, 2.45) is 5.41 Å². The highest BCUT2D eigenvalue weighted by Crippen LogP contribution is 2.55. The van der Waals surface area contributed by atoms with E-state index in [9.17, 15) is 19.5 Å². The van der Waals surface area contributed by atoms with Crippen LogP contribution in [-0.4, -0.2) is 86.0 Å². The van der Waals surface area contributed by atoms with Crippen LogP contribution in [0.25, 0.3) is 27.5 Å². The minimum Gasteiger partial charge on any atom is -0.588 e. The van der Waals surface area contributed by atoms with Crippen LogP contribution in [0.15, 0.2) is 95.8 Å². The van der Waals surface area contributed by atoms with E-state index < -0.39 is 22.2 Å². The Bertz CT molecular complexity index is 2680.